The zero-order chi connectivity index (χ0) is 16.9. The van der Waals surface area contributed by atoms with Gasteiger partial charge < -0.3 is 24.8 Å². The third kappa shape index (κ3) is 8.32. The Morgan fingerprint density at radius 2 is 1.96 bits per heavy atom. The van der Waals surface area contributed by atoms with Crippen LogP contribution in [0.2, 0.25) is 0 Å². The first-order chi connectivity index (χ1) is 11.2. The summed E-state index contributed by atoms with van der Waals surface area (Å²) >= 11 is 0. The molecule has 0 saturated carbocycles. The minimum Gasteiger partial charge on any atom is -0.434 e. The van der Waals surface area contributed by atoms with Crippen LogP contribution in [0.1, 0.15) is 5.56 Å². The predicted octanol–water partition coefficient (Wildman–Crippen LogP) is 1.62. The molecule has 0 atom stereocenters. The van der Waals surface area contributed by atoms with Gasteiger partial charge in [0.15, 0.2) is 5.96 Å². The Morgan fingerprint density at radius 3 is 2.65 bits per heavy atom. The second kappa shape index (κ2) is 11.6. The molecule has 0 bridgehead atoms. The highest BCUT2D eigenvalue weighted by Gasteiger charge is 2.09. The molecule has 1 aromatic carbocycles. The van der Waals surface area contributed by atoms with Gasteiger partial charge in [0.1, 0.15) is 5.75 Å². The lowest BCUT2D eigenvalue weighted by molar-refractivity contribution is -0.0504. The van der Waals surface area contributed by atoms with Crippen molar-refractivity contribution >= 4 is 5.96 Å². The topological polar surface area (TPSA) is 64.1 Å². The Labute approximate surface area is 134 Å². The number of methoxy groups -OCH3 is 1. The molecular weight excluding hydrogens is 308 g/mol. The maximum atomic E-state index is 12.4. The van der Waals surface area contributed by atoms with E-state index in [1.54, 1.807) is 32.4 Å². The largest absolute Gasteiger partial charge is 0.434 e. The summed E-state index contributed by atoms with van der Waals surface area (Å²) in [7, 11) is 3.24. The Hall–Kier alpha value is -1.93. The molecule has 2 N–H and O–H groups in total. The molecule has 0 aromatic heterocycles. The van der Waals surface area contributed by atoms with Crippen LogP contribution in [0.15, 0.2) is 29.3 Å². The number of para-hydroxylation sites is 1. The lowest BCUT2D eigenvalue weighted by atomic mass is 10.2. The SMILES string of the molecule is CN=C(NCCOCCOC)NCc1ccccc1OC(F)F. The van der Waals surface area contributed by atoms with Gasteiger partial charge in [0, 0.05) is 32.8 Å². The fourth-order valence-electron chi connectivity index (χ4n) is 1.75. The van der Waals surface area contributed by atoms with Crippen LogP contribution < -0.4 is 15.4 Å². The highest BCUT2D eigenvalue weighted by molar-refractivity contribution is 5.79. The van der Waals surface area contributed by atoms with Crippen LogP contribution in [0, 0.1) is 0 Å². The maximum absolute atomic E-state index is 12.4. The average Bonchev–Trinajstić information content (AvgIpc) is 2.54. The Bertz CT molecular complexity index is 473. The van der Waals surface area contributed by atoms with Gasteiger partial charge in [-0.2, -0.15) is 8.78 Å². The standard InChI is InChI=1S/C15H23F2N3O3/c1-18-15(19-7-8-22-10-9-21-2)20-11-12-5-3-4-6-13(12)23-14(16)17/h3-6,14H,7-11H2,1-2H3,(H2,18,19,20). The molecule has 0 unspecified atom stereocenters. The van der Waals surface area contributed by atoms with Crippen molar-refractivity contribution in [1.29, 1.82) is 0 Å². The molecule has 6 nitrogen and oxygen atoms in total. The first kappa shape index (κ1) is 19.1. The summed E-state index contributed by atoms with van der Waals surface area (Å²) in [5.41, 5.74) is 0.618. The van der Waals surface area contributed by atoms with Gasteiger partial charge in [-0.3, -0.25) is 4.99 Å². The molecule has 8 heteroatoms. The van der Waals surface area contributed by atoms with E-state index in [1.807, 2.05) is 0 Å². The highest BCUT2D eigenvalue weighted by atomic mass is 19.3. The summed E-state index contributed by atoms with van der Waals surface area (Å²) in [6.45, 7) is -0.380. The van der Waals surface area contributed by atoms with E-state index in [-0.39, 0.29) is 5.75 Å². The van der Waals surface area contributed by atoms with E-state index in [9.17, 15) is 8.78 Å². The van der Waals surface area contributed by atoms with Crippen LogP contribution in [0.3, 0.4) is 0 Å². The van der Waals surface area contributed by atoms with Crippen LogP contribution >= 0.6 is 0 Å². The third-order valence-electron chi connectivity index (χ3n) is 2.83. The van der Waals surface area contributed by atoms with Crippen LogP contribution in [0.5, 0.6) is 5.75 Å². The van der Waals surface area contributed by atoms with Crippen molar-refractivity contribution in [3.05, 3.63) is 29.8 Å². The van der Waals surface area contributed by atoms with Gasteiger partial charge in [0.2, 0.25) is 0 Å². The number of alkyl halides is 2. The first-order valence-corrected chi connectivity index (χ1v) is 7.21. The molecule has 0 amide bonds. The van der Waals surface area contributed by atoms with Gasteiger partial charge in [-0.05, 0) is 6.07 Å². The molecule has 0 heterocycles. The fourth-order valence-corrected chi connectivity index (χ4v) is 1.75. The summed E-state index contributed by atoms with van der Waals surface area (Å²) in [5, 5.41) is 6.10. The quantitative estimate of drug-likeness (QED) is 0.387. The second-order valence-electron chi connectivity index (χ2n) is 4.44. The molecule has 0 aliphatic rings. The van der Waals surface area contributed by atoms with E-state index in [2.05, 4.69) is 20.4 Å². The predicted molar refractivity (Wildman–Crippen MR) is 84.0 cm³/mol. The molecule has 0 fully saturated rings. The minimum atomic E-state index is -2.85. The number of hydrogen-bond donors (Lipinski definition) is 2. The summed E-state index contributed by atoms with van der Waals surface area (Å²) in [6.07, 6.45) is 0. The molecule has 0 aliphatic heterocycles. The van der Waals surface area contributed by atoms with Gasteiger partial charge in [0.25, 0.3) is 0 Å². The molecule has 1 rings (SSSR count). The monoisotopic (exact) mass is 331 g/mol. The molecule has 0 spiro atoms. The van der Waals surface area contributed by atoms with E-state index >= 15 is 0 Å². The van der Waals surface area contributed by atoms with E-state index in [0.29, 0.717) is 44.4 Å². The number of hydrogen-bond acceptors (Lipinski definition) is 4. The lowest BCUT2D eigenvalue weighted by Gasteiger charge is -2.14. The van der Waals surface area contributed by atoms with Crippen LogP contribution in [-0.2, 0) is 16.0 Å². The first-order valence-electron chi connectivity index (χ1n) is 7.21. The number of nitrogens with zero attached hydrogens (tertiary/aromatic N) is 1. The zero-order valence-electron chi connectivity index (χ0n) is 13.4. The van der Waals surface area contributed by atoms with Crippen LogP contribution in [-0.4, -0.2) is 53.1 Å². The number of ether oxygens (including phenoxy) is 3. The number of guanidine groups is 1. The third-order valence-corrected chi connectivity index (χ3v) is 2.83. The van der Waals surface area contributed by atoms with Gasteiger partial charge >= 0.3 is 6.61 Å². The maximum Gasteiger partial charge on any atom is 0.387 e. The van der Waals surface area contributed by atoms with Crippen molar-refractivity contribution < 1.29 is 23.0 Å². The van der Waals surface area contributed by atoms with Gasteiger partial charge in [-0.1, -0.05) is 18.2 Å². The number of halogens is 2. The Morgan fingerprint density at radius 1 is 1.17 bits per heavy atom. The van der Waals surface area contributed by atoms with E-state index in [4.69, 9.17) is 9.47 Å². The smallest absolute Gasteiger partial charge is 0.387 e. The number of rotatable bonds is 10. The van der Waals surface area contributed by atoms with Crippen molar-refractivity contribution in [2.45, 2.75) is 13.2 Å². The summed E-state index contributed by atoms with van der Waals surface area (Å²) in [5.74, 6) is 0.695. The van der Waals surface area contributed by atoms with Gasteiger partial charge in [-0.15, -0.1) is 0 Å². The van der Waals surface area contributed by atoms with E-state index in [1.165, 1.54) is 6.07 Å². The van der Waals surface area contributed by atoms with Crippen molar-refractivity contribution in [2.24, 2.45) is 4.99 Å². The zero-order valence-corrected chi connectivity index (χ0v) is 13.4. The van der Waals surface area contributed by atoms with Gasteiger partial charge in [0.05, 0.1) is 19.8 Å². The summed E-state index contributed by atoms with van der Waals surface area (Å²) in [6, 6.07) is 6.62. The van der Waals surface area contributed by atoms with Crippen molar-refractivity contribution in [3.63, 3.8) is 0 Å². The Balaban J connectivity index is 2.37. The minimum absolute atomic E-state index is 0.147. The molecule has 0 radical (unpaired) electrons. The second-order valence-corrected chi connectivity index (χ2v) is 4.44. The van der Waals surface area contributed by atoms with Crippen molar-refractivity contribution in [3.8, 4) is 5.75 Å². The molecule has 1 aromatic rings. The van der Waals surface area contributed by atoms with Crippen molar-refractivity contribution in [2.75, 3.05) is 40.5 Å². The molecule has 0 saturated heterocycles. The fraction of sp³-hybridized carbons (Fsp3) is 0.533. The normalized spacial score (nSPS) is 11.6. The summed E-state index contributed by atoms with van der Waals surface area (Å²) < 4.78 is 39.4. The Kier molecular flexibility index (Phi) is 9.65. The van der Waals surface area contributed by atoms with Gasteiger partial charge in [-0.25, -0.2) is 0 Å². The number of benzene rings is 1. The highest BCUT2D eigenvalue weighted by Crippen LogP contribution is 2.19. The molecule has 23 heavy (non-hydrogen) atoms. The van der Waals surface area contributed by atoms with Crippen LogP contribution in [0.4, 0.5) is 8.78 Å². The van der Waals surface area contributed by atoms with Crippen LogP contribution in [0.25, 0.3) is 0 Å². The summed E-state index contributed by atoms with van der Waals surface area (Å²) in [4.78, 5) is 4.05. The number of aliphatic imine (C=N–C) groups is 1. The lowest BCUT2D eigenvalue weighted by Crippen LogP contribution is -2.38. The average molecular weight is 331 g/mol. The van der Waals surface area contributed by atoms with E-state index in [0.717, 1.165) is 0 Å². The van der Waals surface area contributed by atoms with Crippen molar-refractivity contribution in [1.82, 2.24) is 10.6 Å². The molecule has 0 aliphatic carbocycles. The molecule has 130 valence electrons. The molecular formula is C15H23F2N3O3. The number of nitrogens with one attached hydrogen (secondary N) is 2. The van der Waals surface area contributed by atoms with E-state index < -0.39 is 6.61 Å².